The van der Waals surface area contributed by atoms with E-state index in [1.165, 1.54) is 37.3 Å². The third-order valence-electron chi connectivity index (χ3n) is 3.54. The van der Waals surface area contributed by atoms with Gasteiger partial charge in [-0.15, -0.1) is 10.2 Å². The monoisotopic (exact) mass is 411 g/mol. The Kier molecular flexibility index (Phi) is 5.63. The van der Waals surface area contributed by atoms with Crippen molar-refractivity contribution in [2.24, 2.45) is 0 Å². The predicted molar refractivity (Wildman–Crippen MR) is 92.2 cm³/mol. The molecule has 0 aliphatic heterocycles. The molecule has 28 heavy (non-hydrogen) atoms. The van der Waals surface area contributed by atoms with Crippen LogP contribution in [0.1, 0.15) is 18.3 Å². The first kappa shape index (κ1) is 19.8. The average Bonchev–Trinajstić information content (AvgIpc) is 3.03. The van der Waals surface area contributed by atoms with E-state index in [2.05, 4.69) is 20.5 Å². The van der Waals surface area contributed by atoms with E-state index in [1.807, 2.05) is 0 Å². The molecule has 1 aromatic carbocycles. The minimum absolute atomic E-state index is 0.0701. The highest BCUT2D eigenvalue weighted by Gasteiger charge is 2.30. The highest BCUT2D eigenvalue weighted by Crippen LogP contribution is 2.32. The van der Waals surface area contributed by atoms with Crippen molar-refractivity contribution in [2.75, 3.05) is 0 Å². The van der Waals surface area contributed by atoms with Crippen LogP contribution >= 0.6 is 11.8 Å². The summed E-state index contributed by atoms with van der Waals surface area (Å²) in [5.74, 6) is -0.331. The Bertz CT molecular complexity index is 971. The normalized spacial score (nSPS) is 11.5. The number of nitrogens with zero attached hydrogens (tertiary/aromatic N) is 4. The molecule has 11 heteroatoms. The standard InChI is InChI=1S/C17H13F4N5OS/c1-10(27)22-9-14-24-25-16(26(14)13-5-3-12(18)4-6-13)28-15-7-2-11(8-23-15)17(19,20)21/h2-8H,9H2,1H3,(H,22,27). The Morgan fingerprint density at radius 1 is 1.14 bits per heavy atom. The molecule has 0 aliphatic carbocycles. The van der Waals surface area contributed by atoms with E-state index in [0.717, 1.165) is 24.0 Å². The zero-order valence-electron chi connectivity index (χ0n) is 14.4. The van der Waals surface area contributed by atoms with Gasteiger partial charge < -0.3 is 5.32 Å². The number of rotatable bonds is 5. The second kappa shape index (κ2) is 7.97. The van der Waals surface area contributed by atoms with Gasteiger partial charge in [0.15, 0.2) is 5.82 Å². The maximum Gasteiger partial charge on any atom is 0.417 e. The van der Waals surface area contributed by atoms with Gasteiger partial charge >= 0.3 is 6.18 Å². The Labute approximate surface area is 161 Å². The molecule has 2 aromatic heterocycles. The van der Waals surface area contributed by atoms with Crippen molar-refractivity contribution in [3.63, 3.8) is 0 Å². The van der Waals surface area contributed by atoms with Gasteiger partial charge in [0.1, 0.15) is 10.8 Å². The van der Waals surface area contributed by atoms with E-state index in [4.69, 9.17) is 0 Å². The molecular formula is C17H13F4N5OS. The SMILES string of the molecule is CC(=O)NCc1nnc(Sc2ccc(C(F)(F)F)cn2)n1-c1ccc(F)cc1. The van der Waals surface area contributed by atoms with E-state index < -0.39 is 17.6 Å². The van der Waals surface area contributed by atoms with Gasteiger partial charge in [0.25, 0.3) is 0 Å². The number of halogens is 4. The van der Waals surface area contributed by atoms with Crippen LogP contribution in [0, 0.1) is 5.82 Å². The molecule has 6 nitrogen and oxygen atoms in total. The quantitative estimate of drug-likeness (QED) is 0.650. The number of amides is 1. The number of hydrogen-bond donors (Lipinski definition) is 1. The number of benzene rings is 1. The fraction of sp³-hybridized carbons (Fsp3) is 0.176. The largest absolute Gasteiger partial charge is 0.417 e. The predicted octanol–water partition coefficient (Wildman–Crippen LogP) is 3.61. The molecule has 3 aromatic rings. The van der Waals surface area contributed by atoms with Gasteiger partial charge in [-0.2, -0.15) is 13.2 Å². The minimum atomic E-state index is -4.48. The second-order valence-corrected chi connectivity index (χ2v) is 6.59. The van der Waals surface area contributed by atoms with Crippen LogP contribution < -0.4 is 5.32 Å². The van der Waals surface area contributed by atoms with Crippen LogP contribution in [0.4, 0.5) is 17.6 Å². The van der Waals surface area contributed by atoms with Crippen LogP contribution in [0.25, 0.3) is 5.69 Å². The van der Waals surface area contributed by atoms with Crippen LogP contribution in [-0.2, 0) is 17.5 Å². The maximum absolute atomic E-state index is 13.3. The fourth-order valence-corrected chi connectivity index (χ4v) is 3.05. The molecule has 3 rings (SSSR count). The summed E-state index contributed by atoms with van der Waals surface area (Å²) < 4.78 is 52.9. The molecule has 0 atom stereocenters. The summed E-state index contributed by atoms with van der Waals surface area (Å²) >= 11 is 0.992. The number of hydrogen-bond acceptors (Lipinski definition) is 5. The van der Waals surface area contributed by atoms with E-state index in [-0.39, 0.29) is 17.5 Å². The molecule has 1 amide bonds. The number of nitrogens with one attached hydrogen (secondary N) is 1. The number of pyridine rings is 1. The Morgan fingerprint density at radius 3 is 2.43 bits per heavy atom. The summed E-state index contributed by atoms with van der Waals surface area (Å²) in [7, 11) is 0. The van der Waals surface area contributed by atoms with Gasteiger partial charge in [0.05, 0.1) is 12.1 Å². The molecule has 0 saturated carbocycles. The van der Waals surface area contributed by atoms with Crippen molar-refractivity contribution in [3.8, 4) is 5.69 Å². The van der Waals surface area contributed by atoms with Gasteiger partial charge in [-0.1, -0.05) is 0 Å². The van der Waals surface area contributed by atoms with E-state index >= 15 is 0 Å². The van der Waals surface area contributed by atoms with Gasteiger partial charge in [-0.3, -0.25) is 9.36 Å². The molecular weight excluding hydrogens is 398 g/mol. The minimum Gasteiger partial charge on any atom is -0.349 e. The number of alkyl halides is 3. The van der Waals surface area contributed by atoms with Crippen LogP contribution in [-0.4, -0.2) is 25.7 Å². The second-order valence-electron chi connectivity index (χ2n) is 5.61. The van der Waals surface area contributed by atoms with Crippen LogP contribution in [0.3, 0.4) is 0 Å². The van der Waals surface area contributed by atoms with Crippen molar-refractivity contribution < 1.29 is 22.4 Å². The number of carbonyl (C=O) groups is 1. The molecule has 146 valence electrons. The topological polar surface area (TPSA) is 72.7 Å². The molecule has 0 bridgehead atoms. The lowest BCUT2D eigenvalue weighted by atomic mass is 10.3. The van der Waals surface area contributed by atoms with Crippen molar-refractivity contribution in [1.82, 2.24) is 25.1 Å². The molecule has 0 unspecified atom stereocenters. The maximum atomic E-state index is 13.3. The van der Waals surface area contributed by atoms with Crippen molar-refractivity contribution in [3.05, 3.63) is 59.8 Å². The molecule has 2 heterocycles. The first-order valence-corrected chi connectivity index (χ1v) is 8.71. The van der Waals surface area contributed by atoms with E-state index in [0.29, 0.717) is 16.7 Å². The van der Waals surface area contributed by atoms with Crippen LogP contribution in [0.5, 0.6) is 0 Å². The fourth-order valence-electron chi connectivity index (χ4n) is 2.24. The number of aromatic nitrogens is 4. The summed E-state index contributed by atoms with van der Waals surface area (Å²) in [6, 6.07) is 7.65. The molecule has 0 saturated heterocycles. The highest BCUT2D eigenvalue weighted by molar-refractivity contribution is 7.99. The summed E-state index contributed by atoms with van der Waals surface area (Å²) in [5.41, 5.74) is -0.329. The zero-order valence-corrected chi connectivity index (χ0v) is 15.2. The van der Waals surface area contributed by atoms with Crippen LogP contribution in [0.2, 0.25) is 0 Å². The first-order valence-electron chi connectivity index (χ1n) is 7.90. The lowest BCUT2D eigenvalue weighted by molar-refractivity contribution is -0.137. The van der Waals surface area contributed by atoms with Gasteiger partial charge in [0.2, 0.25) is 11.1 Å². The van der Waals surface area contributed by atoms with E-state index in [1.54, 1.807) is 4.57 Å². The third-order valence-corrected chi connectivity index (χ3v) is 4.44. The molecule has 1 N–H and O–H groups in total. The zero-order chi connectivity index (χ0) is 20.3. The lowest BCUT2D eigenvalue weighted by Crippen LogP contribution is -2.21. The van der Waals surface area contributed by atoms with Gasteiger partial charge in [-0.05, 0) is 48.2 Å². The summed E-state index contributed by atoms with van der Waals surface area (Å²) in [6.07, 6.45) is -3.74. The third kappa shape index (κ3) is 4.66. The Balaban J connectivity index is 1.94. The van der Waals surface area contributed by atoms with Crippen molar-refractivity contribution in [1.29, 1.82) is 0 Å². The smallest absolute Gasteiger partial charge is 0.349 e. The van der Waals surface area contributed by atoms with E-state index in [9.17, 15) is 22.4 Å². The Morgan fingerprint density at radius 2 is 1.86 bits per heavy atom. The average molecular weight is 411 g/mol. The Hall–Kier alpha value is -2.95. The van der Waals surface area contributed by atoms with Crippen molar-refractivity contribution in [2.45, 2.75) is 29.8 Å². The number of carbonyl (C=O) groups excluding carboxylic acids is 1. The summed E-state index contributed by atoms with van der Waals surface area (Å²) in [4.78, 5) is 15.0. The highest BCUT2D eigenvalue weighted by atomic mass is 32.2. The summed E-state index contributed by atoms with van der Waals surface area (Å²) in [6.45, 7) is 1.42. The van der Waals surface area contributed by atoms with Crippen LogP contribution in [0.15, 0.2) is 52.8 Å². The molecule has 0 fully saturated rings. The molecule has 0 radical (unpaired) electrons. The molecule has 0 spiro atoms. The lowest BCUT2D eigenvalue weighted by Gasteiger charge is -2.11. The van der Waals surface area contributed by atoms with Crippen molar-refractivity contribution >= 4 is 17.7 Å². The first-order chi connectivity index (χ1) is 13.2. The summed E-state index contributed by atoms with van der Waals surface area (Å²) in [5, 5.41) is 11.2. The van der Waals surface area contributed by atoms with Gasteiger partial charge in [-0.25, -0.2) is 9.37 Å². The van der Waals surface area contributed by atoms with Gasteiger partial charge in [0, 0.05) is 18.8 Å². The molecule has 0 aliphatic rings.